The van der Waals surface area contributed by atoms with E-state index in [1.54, 1.807) is 0 Å². The first kappa shape index (κ1) is 13.1. The third-order valence-corrected chi connectivity index (χ3v) is 5.84. The van der Waals surface area contributed by atoms with Crippen molar-refractivity contribution in [3.63, 3.8) is 0 Å². The molecule has 0 saturated carbocycles. The first-order valence-electron chi connectivity index (χ1n) is 8.09. The van der Waals surface area contributed by atoms with Crippen molar-refractivity contribution in [3.8, 4) is 10.4 Å². The van der Waals surface area contributed by atoms with Crippen LogP contribution in [0.5, 0.6) is 0 Å². The highest BCUT2D eigenvalue weighted by molar-refractivity contribution is 7.22. The molecule has 1 aliphatic rings. The Balaban J connectivity index is 1.68. The molecule has 0 N–H and O–H groups in total. The Kier molecular flexibility index (Phi) is 2.89. The zero-order chi connectivity index (χ0) is 15.2. The van der Waals surface area contributed by atoms with Crippen LogP contribution in [0, 0.1) is 0 Å². The Bertz CT molecular complexity index is 1010. The van der Waals surface area contributed by atoms with Crippen LogP contribution in [0.4, 0.5) is 0 Å². The highest BCUT2D eigenvalue weighted by Gasteiger charge is 2.09. The Labute approximate surface area is 139 Å². The van der Waals surface area contributed by atoms with Gasteiger partial charge in [-0.25, -0.2) is 0 Å². The maximum absolute atomic E-state index is 2.34. The van der Waals surface area contributed by atoms with Gasteiger partial charge in [0.25, 0.3) is 0 Å². The molecule has 0 spiro atoms. The van der Waals surface area contributed by atoms with Gasteiger partial charge in [-0.3, -0.25) is 0 Å². The van der Waals surface area contributed by atoms with E-state index in [2.05, 4.69) is 72.8 Å². The van der Waals surface area contributed by atoms with Gasteiger partial charge in [0.1, 0.15) is 0 Å². The van der Waals surface area contributed by atoms with E-state index in [-0.39, 0.29) is 0 Å². The van der Waals surface area contributed by atoms with E-state index in [0.717, 1.165) is 0 Å². The lowest BCUT2D eigenvalue weighted by atomic mass is 9.95. The summed E-state index contributed by atoms with van der Waals surface area (Å²) in [6, 6.07) is 22.5. The molecule has 0 amide bonds. The van der Waals surface area contributed by atoms with E-state index in [9.17, 15) is 0 Å². The SMILES string of the molecule is C1=Cc2cc(-c3cc4cc5ccccc5cc4s3)ccc2CC1. The average Bonchev–Trinajstić information content (AvgIpc) is 3.02. The summed E-state index contributed by atoms with van der Waals surface area (Å²) in [4.78, 5) is 1.36. The quantitative estimate of drug-likeness (QED) is 0.368. The van der Waals surface area contributed by atoms with E-state index in [4.69, 9.17) is 0 Å². The van der Waals surface area contributed by atoms with Gasteiger partial charge in [-0.05, 0) is 70.0 Å². The molecule has 5 rings (SSSR count). The van der Waals surface area contributed by atoms with E-state index in [1.807, 2.05) is 11.3 Å². The molecule has 0 nitrogen and oxygen atoms in total. The summed E-state index contributed by atoms with van der Waals surface area (Å²) in [7, 11) is 0. The van der Waals surface area contributed by atoms with Crippen molar-refractivity contribution in [1.82, 2.24) is 0 Å². The van der Waals surface area contributed by atoms with Gasteiger partial charge in [-0.1, -0.05) is 48.6 Å². The molecule has 1 aliphatic carbocycles. The lowest BCUT2D eigenvalue weighted by Crippen LogP contribution is -1.93. The van der Waals surface area contributed by atoms with Gasteiger partial charge in [-0.2, -0.15) is 0 Å². The minimum Gasteiger partial charge on any atom is -0.135 e. The molecule has 0 bridgehead atoms. The van der Waals surface area contributed by atoms with Crippen molar-refractivity contribution in [2.75, 3.05) is 0 Å². The molecule has 1 heteroatoms. The Hall–Kier alpha value is -2.38. The first-order valence-corrected chi connectivity index (χ1v) is 8.91. The molecule has 110 valence electrons. The van der Waals surface area contributed by atoms with Crippen molar-refractivity contribution < 1.29 is 0 Å². The summed E-state index contributed by atoms with van der Waals surface area (Å²) < 4.78 is 1.37. The molecule has 0 saturated heterocycles. The largest absolute Gasteiger partial charge is 0.135 e. The fourth-order valence-corrected chi connectivity index (χ4v) is 4.54. The fourth-order valence-electron chi connectivity index (χ4n) is 3.45. The van der Waals surface area contributed by atoms with Crippen LogP contribution in [0.3, 0.4) is 0 Å². The molecular formula is C22H16S. The number of allylic oxidation sites excluding steroid dienone is 1. The normalized spacial score (nSPS) is 13.6. The smallest absolute Gasteiger partial charge is 0.0355 e. The zero-order valence-corrected chi connectivity index (χ0v) is 13.6. The standard InChI is InChI=1S/C22H16S/c1-2-6-16-11-19(10-9-15(16)5-1)21-14-20-12-17-7-3-4-8-18(17)13-22(20)23-21/h2-4,6-14H,1,5H2. The van der Waals surface area contributed by atoms with Gasteiger partial charge in [0.05, 0.1) is 0 Å². The average molecular weight is 312 g/mol. The molecule has 0 atom stereocenters. The van der Waals surface area contributed by atoms with E-state index in [0.29, 0.717) is 0 Å². The molecule has 23 heavy (non-hydrogen) atoms. The predicted molar refractivity (Wildman–Crippen MR) is 102 cm³/mol. The van der Waals surface area contributed by atoms with Crippen LogP contribution >= 0.6 is 11.3 Å². The van der Waals surface area contributed by atoms with Gasteiger partial charge >= 0.3 is 0 Å². The summed E-state index contributed by atoms with van der Waals surface area (Å²) in [6.45, 7) is 0. The van der Waals surface area contributed by atoms with Gasteiger partial charge in [0.15, 0.2) is 0 Å². The molecule has 3 aromatic carbocycles. The number of thiophene rings is 1. The highest BCUT2D eigenvalue weighted by Crippen LogP contribution is 2.37. The fraction of sp³-hybridized carbons (Fsp3) is 0.0909. The van der Waals surface area contributed by atoms with E-state index >= 15 is 0 Å². The second kappa shape index (κ2) is 5.07. The van der Waals surface area contributed by atoms with E-state index in [1.165, 1.54) is 55.3 Å². The highest BCUT2D eigenvalue weighted by atomic mass is 32.1. The topological polar surface area (TPSA) is 0 Å². The third kappa shape index (κ3) is 2.20. The second-order valence-electron chi connectivity index (χ2n) is 6.20. The summed E-state index contributed by atoms with van der Waals surface area (Å²) in [6.07, 6.45) is 6.89. The van der Waals surface area contributed by atoms with Gasteiger partial charge < -0.3 is 0 Å². The summed E-state index contributed by atoms with van der Waals surface area (Å²) in [5.41, 5.74) is 4.19. The first-order chi connectivity index (χ1) is 11.4. The van der Waals surface area contributed by atoms with Crippen LogP contribution in [0.2, 0.25) is 0 Å². The van der Waals surface area contributed by atoms with Gasteiger partial charge in [0.2, 0.25) is 0 Å². The lowest BCUT2D eigenvalue weighted by molar-refractivity contribution is 0.986. The molecule has 1 aromatic heterocycles. The van der Waals surface area contributed by atoms with Crippen molar-refractivity contribution in [2.45, 2.75) is 12.8 Å². The van der Waals surface area contributed by atoms with Crippen molar-refractivity contribution in [3.05, 3.63) is 77.9 Å². The number of fused-ring (bicyclic) bond motifs is 3. The predicted octanol–water partition coefficient (Wildman–Crippen LogP) is 6.68. The monoisotopic (exact) mass is 312 g/mol. The minimum atomic E-state index is 1.17. The van der Waals surface area contributed by atoms with Crippen molar-refractivity contribution in [2.24, 2.45) is 0 Å². The molecule has 0 radical (unpaired) electrons. The Morgan fingerprint density at radius 3 is 2.57 bits per heavy atom. The molecule has 1 heterocycles. The van der Waals surface area contributed by atoms with Crippen LogP contribution < -0.4 is 0 Å². The molecular weight excluding hydrogens is 296 g/mol. The van der Waals surface area contributed by atoms with Crippen molar-refractivity contribution in [1.29, 1.82) is 0 Å². The zero-order valence-electron chi connectivity index (χ0n) is 12.8. The van der Waals surface area contributed by atoms with Gasteiger partial charge in [0, 0.05) is 9.58 Å². The lowest BCUT2D eigenvalue weighted by Gasteiger charge is -2.11. The van der Waals surface area contributed by atoms with Crippen molar-refractivity contribution >= 4 is 38.3 Å². The van der Waals surface area contributed by atoms with Crippen LogP contribution in [-0.4, -0.2) is 0 Å². The van der Waals surface area contributed by atoms with Crippen LogP contribution in [0.1, 0.15) is 17.5 Å². The number of aryl methyl sites for hydroxylation is 1. The second-order valence-corrected chi connectivity index (χ2v) is 7.29. The Morgan fingerprint density at radius 1 is 0.783 bits per heavy atom. The molecule has 0 unspecified atom stereocenters. The number of hydrogen-bond acceptors (Lipinski definition) is 1. The number of hydrogen-bond donors (Lipinski definition) is 0. The minimum absolute atomic E-state index is 1.17. The maximum Gasteiger partial charge on any atom is 0.0355 e. The summed E-state index contributed by atoms with van der Waals surface area (Å²) in [5.74, 6) is 0. The van der Waals surface area contributed by atoms with Crippen LogP contribution in [0.25, 0.3) is 37.4 Å². The number of benzene rings is 3. The van der Waals surface area contributed by atoms with Crippen LogP contribution in [0.15, 0.2) is 66.7 Å². The third-order valence-electron chi connectivity index (χ3n) is 4.69. The molecule has 0 fully saturated rings. The van der Waals surface area contributed by atoms with Gasteiger partial charge in [-0.15, -0.1) is 11.3 Å². The number of rotatable bonds is 1. The molecule has 0 aliphatic heterocycles. The van der Waals surface area contributed by atoms with E-state index < -0.39 is 0 Å². The molecule has 4 aromatic rings. The van der Waals surface area contributed by atoms with Crippen LogP contribution in [-0.2, 0) is 6.42 Å². The Morgan fingerprint density at radius 2 is 1.65 bits per heavy atom. The maximum atomic E-state index is 2.34. The summed E-state index contributed by atoms with van der Waals surface area (Å²) >= 11 is 1.89. The summed E-state index contributed by atoms with van der Waals surface area (Å²) in [5, 5.41) is 3.98.